The Bertz CT molecular complexity index is 1240. The van der Waals surface area contributed by atoms with E-state index in [0.29, 0.717) is 32.7 Å². The number of benzene rings is 1. The van der Waals surface area contributed by atoms with E-state index < -0.39 is 0 Å². The van der Waals surface area contributed by atoms with Gasteiger partial charge in [0.25, 0.3) is 5.56 Å². The van der Waals surface area contributed by atoms with Crippen molar-refractivity contribution in [3.63, 3.8) is 0 Å². The second kappa shape index (κ2) is 9.88. The monoisotopic (exact) mass is 488 g/mol. The molecule has 0 bridgehead atoms. The Morgan fingerprint density at radius 2 is 2.15 bits per heavy atom. The molecule has 2 amide bonds. The molecule has 0 spiro atoms. The number of fused-ring (bicyclic) bond motifs is 1. The Morgan fingerprint density at radius 3 is 2.91 bits per heavy atom. The molecule has 3 heterocycles. The van der Waals surface area contributed by atoms with E-state index in [2.05, 4.69) is 20.6 Å². The van der Waals surface area contributed by atoms with Gasteiger partial charge in [0.1, 0.15) is 17.6 Å². The van der Waals surface area contributed by atoms with Crippen LogP contribution < -0.4 is 21.1 Å². The van der Waals surface area contributed by atoms with Gasteiger partial charge in [-0.15, -0.1) is 0 Å². The zero-order chi connectivity index (χ0) is 23.5. The van der Waals surface area contributed by atoms with E-state index in [9.17, 15) is 14.4 Å². The highest BCUT2D eigenvalue weighted by Crippen LogP contribution is 2.29. The molecule has 3 aromatic rings. The molecule has 0 aliphatic carbocycles. The molecule has 0 saturated carbocycles. The van der Waals surface area contributed by atoms with E-state index in [1.54, 1.807) is 24.3 Å². The highest BCUT2D eigenvalue weighted by molar-refractivity contribution is 7.22. The predicted molar refractivity (Wildman–Crippen MR) is 130 cm³/mol. The van der Waals surface area contributed by atoms with Gasteiger partial charge in [0, 0.05) is 29.8 Å². The molecule has 1 atom stereocenters. The molecular weight excluding hydrogens is 464 g/mol. The maximum absolute atomic E-state index is 13.0. The van der Waals surface area contributed by atoms with Gasteiger partial charge < -0.3 is 15.5 Å². The number of hydrogen-bond donors (Lipinski definition) is 2. The Hall–Kier alpha value is -2.98. The smallest absolute Gasteiger partial charge is 0.273 e. The van der Waals surface area contributed by atoms with Crippen LogP contribution in [0.3, 0.4) is 0 Å². The zero-order valence-electron chi connectivity index (χ0n) is 18.4. The molecule has 4 rings (SSSR count). The number of carbonyl (C=O) groups is 2. The molecule has 33 heavy (non-hydrogen) atoms. The van der Waals surface area contributed by atoms with Crippen LogP contribution in [0.1, 0.15) is 26.7 Å². The lowest BCUT2D eigenvalue weighted by Crippen LogP contribution is -2.44. The lowest BCUT2D eigenvalue weighted by atomic mass is 9.97. The van der Waals surface area contributed by atoms with E-state index in [1.807, 2.05) is 18.7 Å². The summed E-state index contributed by atoms with van der Waals surface area (Å²) in [4.78, 5) is 48.7. The summed E-state index contributed by atoms with van der Waals surface area (Å²) in [6.07, 6.45) is 3.03. The lowest BCUT2D eigenvalue weighted by Gasteiger charge is -2.32. The third kappa shape index (κ3) is 5.51. The van der Waals surface area contributed by atoms with Crippen molar-refractivity contribution in [1.82, 2.24) is 19.9 Å². The number of aromatic nitrogens is 3. The summed E-state index contributed by atoms with van der Waals surface area (Å²) in [7, 11) is 0. The zero-order valence-corrected chi connectivity index (χ0v) is 19.9. The van der Waals surface area contributed by atoms with Gasteiger partial charge in [0.15, 0.2) is 10.8 Å². The molecule has 0 radical (unpaired) electrons. The minimum atomic E-state index is -0.361. The van der Waals surface area contributed by atoms with Gasteiger partial charge in [-0.25, -0.2) is 4.98 Å². The average Bonchev–Trinajstić information content (AvgIpc) is 3.21. The van der Waals surface area contributed by atoms with Gasteiger partial charge in [0.2, 0.25) is 11.8 Å². The topological polar surface area (TPSA) is 109 Å². The number of piperidine rings is 1. The SMILES string of the molecule is CC(C)NC(=O)[C@H]1CCCN(c2nc3ncn(CC(=O)Nc4cccc(Cl)c4)c(=O)c3s2)C1. The van der Waals surface area contributed by atoms with E-state index in [-0.39, 0.29) is 35.9 Å². The minimum Gasteiger partial charge on any atom is -0.354 e. The van der Waals surface area contributed by atoms with Crippen LogP contribution in [0.5, 0.6) is 0 Å². The molecule has 2 aromatic heterocycles. The van der Waals surface area contributed by atoms with Crippen LogP contribution in [0.4, 0.5) is 10.8 Å². The van der Waals surface area contributed by atoms with Crippen molar-refractivity contribution in [3.8, 4) is 0 Å². The van der Waals surface area contributed by atoms with Gasteiger partial charge in [0.05, 0.1) is 5.92 Å². The predicted octanol–water partition coefficient (Wildman–Crippen LogP) is 2.89. The number of hydrogen-bond acceptors (Lipinski definition) is 7. The van der Waals surface area contributed by atoms with Crippen LogP contribution in [0.15, 0.2) is 35.4 Å². The van der Waals surface area contributed by atoms with Crippen molar-refractivity contribution < 1.29 is 9.59 Å². The van der Waals surface area contributed by atoms with Crippen LogP contribution in [0.2, 0.25) is 5.02 Å². The van der Waals surface area contributed by atoms with Gasteiger partial charge in [-0.05, 0) is 44.9 Å². The Kier molecular flexibility index (Phi) is 6.94. The molecule has 11 heteroatoms. The van der Waals surface area contributed by atoms with Crippen LogP contribution in [0, 0.1) is 5.92 Å². The largest absolute Gasteiger partial charge is 0.354 e. The molecule has 1 saturated heterocycles. The Labute approximate surface area is 199 Å². The van der Waals surface area contributed by atoms with Crippen molar-refractivity contribution in [2.45, 2.75) is 39.3 Å². The van der Waals surface area contributed by atoms with Crippen LogP contribution in [-0.4, -0.2) is 45.5 Å². The van der Waals surface area contributed by atoms with Gasteiger partial charge in [-0.1, -0.05) is 29.0 Å². The molecule has 1 aliphatic heterocycles. The standard InChI is InChI=1S/C22H25ClN6O3S/c1-13(2)25-20(31)14-5-4-8-28(10-14)22-27-19-18(33-22)21(32)29(12-24-19)11-17(30)26-16-7-3-6-15(23)9-16/h3,6-7,9,12-14H,4-5,8,10-11H2,1-2H3,(H,25,31)(H,26,30)/t14-/m0/s1. The number of halogens is 1. The van der Waals surface area contributed by atoms with Gasteiger partial charge in [-0.3, -0.25) is 19.0 Å². The molecule has 1 fully saturated rings. The van der Waals surface area contributed by atoms with Crippen molar-refractivity contribution in [3.05, 3.63) is 46.0 Å². The number of thiazole rings is 1. The summed E-state index contributed by atoms with van der Waals surface area (Å²) in [5.41, 5.74) is 0.576. The molecule has 2 N–H and O–H groups in total. The van der Waals surface area contributed by atoms with E-state index >= 15 is 0 Å². The van der Waals surface area contributed by atoms with Crippen LogP contribution >= 0.6 is 22.9 Å². The highest BCUT2D eigenvalue weighted by atomic mass is 35.5. The second-order valence-corrected chi connectivity index (χ2v) is 9.75. The highest BCUT2D eigenvalue weighted by Gasteiger charge is 2.28. The lowest BCUT2D eigenvalue weighted by molar-refractivity contribution is -0.125. The molecule has 0 unspecified atom stereocenters. The molecule has 9 nitrogen and oxygen atoms in total. The fourth-order valence-electron chi connectivity index (χ4n) is 3.77. The normalized spacial score (nSPS) is 16.2. The van der Waals surface area contributed by atoms with Crippen LogP contribution in [0.25, 0.3) is 10.3 Å². The number of rotatable bonds is 6. The quantitative estimate of drug-likeness (QED) is 0.552. The summed E-state index contributed by atoms with van der Waals surface area (Å²) in [5.74, 6) is -0.435. The van der Waals surface area contributed by atoms with Crippen molar-refractivity contribution >= 4 is 55.9 Å². The molecule has 1 aromatic carbocycles. The van der Waals surface area contributed by atoms with Crippen LogP contribution in [-0.2, 0) is 16.1 Å². The maximum atomic E-state index is 13.0. The van der Waals surface area contributed by atoms with E-state index in [4.69, 9.17) is 11.6 Å². The summed E-state index contributed by atoms with van der Waals surface area (Å²) < 4.78 is 1.65. The summed E-state index contributed by atoms with van der Waals surface area (Å²) in [6, 6.07) is 6.88. The third-order valence-corrected chi connectivity index (χ3v) is 6.62. The van der Waals surface area contributed by atoms with Gasteiger partial charge in [-0.2, -0.15) is 4.98 Å². The number of carbonyl (C=O) groups excluding carboxylic acids is 2. The fourth-order valence-corrected chi connectivity index (χ4v) is 4.97. The number of amides is 2. The second-order valence-electron chi connectivity index (χ2n) is 8.33. The van der Waals surface area contributed by atoms with E-state index in [1.165, 1.54) is 22.2 Å². The maximum Gasteiger partial charge on any atom is 0.273 e. The minimum absolute atomic E-state index is 0.0435. The Morgan fingerprint density at radius 1 is 1.33 bits per heavy atom. The third-order valence-electron chi connectivity index (χ3n) is 5.29. The first-order chi connectivity index (χ1) is 15.8. The number of nitrogens with one attached hydrogen (secondary N) is 2. The first-order valence-electron chi connectivity index (χ1n) is 10.8. The van der Waals surface area contributed by atoms with Crippen molar-refractivity contribution in [1.29, 1.82) is 0 Å². The summed E-state index contributed by atoms with van der Waals surface area (Å²) in [5, 5.41) is 6.87. The number of anilines is 2. The first kappa shape index (κ1) is 23.2. The average molecular weight is 489 g/mol. The van der Waals surface area contributed by atoms with Crippen molar-refractivity contribution in [2.24, 2.45) is 5.92 Å². The molecular formula is C22H25ClN6O3S. The molecule has 174 valence electrons. The first-order valence-corrected chi connectivity index (χ1v) is 12.0. The Balaban J connectivity index is 1.49. The van der Waals surface area contributed by atoms with Gasteiger partial charge >= 0.3 is 0 Å². The molecule has 1 aliphatic rings. The number of nitrogens with zero attached hydrogens (tertiary/aromatic N) is 4. The fraction of sp³-hybridized carbons (Fsp3) is 0.409. The van der Waals surface area contributed by atoms with E-state index in [0.717, 1.165) is 19.4 Å². The summed E-state index contributed by atoms with van der Waals surface area (Å²) >= 11 is 7.19. The summed E-state index contributed by atoms with van der Waals surface area (Å²) in [6.45, 7) is 5.02. The van der Waals surface area contributed by atoms with Crippen molar-refractivity contribution in [2.75, 3.05) is 23.3 Å².